The van der Waals surface area contributed by atoms with Gasteiger partial charge >= 0.3 is 11.9 Å². The molecule has 1 saturated heterocycles. The molecule has 1 heterocycles. The molecule has 1 rings (SSSR count). The van der Waals surface area contributed by atoms with Gasteiger partial charge in [0.05, 0.1) is 25.2 Å². The fourth-order valence-electron chi connectivity index (χ4n) is 1.98. The Bertz CT molecular complexity index is 344. The number of aliphatic hydroxyl groups excluding tert-OH is 1. The maximum atomic E-state index is 11.8. The highest BCUT2D eigenvalue weighted by molar-refractivity contribution is 5.77. The summed E-state index contributed by atoms with van der Waals surface area (Å²) in [6.45, 7) is 6.88. The van der Waals surface area contributed by atoms with Crippen LogP contribution in [0.5, 0.6) is 0 Å². The molecule has 0 radical (unpaired) electrons. The molecule has 0 aromatic rings. The average molecular weight is 290 g/mol. The first-order valence-electron chi connectivity index (χ1n) is 6.74. The topological polar surface area (TPSA) is 91.3 Å². The normalized spacial score (nSPS) is 28.8. The third-order valence-electron chi connectivity index (χ3n) is 3.01. The third-order valence-corrected chi connectivity index (χ3v) is 3.01. The number of aliphatic hydroxyl groups is 1. The van der Waals surface area contributed by atoms with Gasteiger partial charge in [-0.2, -0.15) is 0 Å². The van der Waals surface area contributed by atoms with Crippen molar-refractivity contribution in [1.29, 1.82) is 0 Å². The molecule has 7 heteroatoms. The molecule has 7 nitrogen and oxygen atoms in total. The number of hydrogen-bond donors (Lipinski definition) is 1. The van der Waals surface area contributed by atoms with Crippen LogP contribution in [0.2, 0.25) is 0 Å². The van der Waals surface area contributed by atoms with Crippen molar-refractivity contribution in [3.63, 3.8) is 0 Å². The zero-order chi connectivity index (χ0) is 15.3. The molecule has 0 aliphatic carbocycles. The van der Waals surface area contributed by atoms with E-state index in [4.69, 9.17) is 18.9 Å². The van der Waals surface area contributed by atoms with Gasteiger partial charge in [0.2, 0.25) is 0 Å². The fraction of sp³-hybridized carbons (Fsp3) is 0.846. The summed E-state index contributed by atoms with van der Waals surface area (Å²) in [5.41, 5.74) is 0. The lowest BCUT2D eigenvalue weighted by Crippen LogP contribution is -2.46. The van der Waals surface area contributed by atoms with Crippen LogP contribution >= 0.6 is 0 Å². The van der Waals surface area contributed by atoms with Gasteiger partial charge in [-0.1, -0.05) is 0 Å². The molecule has 116 valence electrons. The van der Waals surface area contributed by atoms with Crippen molar-refractivity contribution in [2.45, 2.75) is 52.3 Å². The van der Waals surface area contributed by atoms with E-state index in [9.17, 15) is 14.7 Å². The van der Waals surface area contributed by atoms with Crippen molar-refractivity contribution in [2.24, 2.45) is 5.92 Å². The van der Waals surface area contributed by atoms with E-state index in [1.54, 1.807) is 20.8 Å². The van der Waals surface area contributed by atoms with Crippen molar-refractivity contribution < 1.29 is 33.6 Å². The highest BCUT2D eigenvalue weighted by Gasteiger charge is 2.47. The SMILES string of the molecule is CCOC(=O)[C@@H](C)[C@H](O)[C@@H]1OC(C)O[C@H]1C(=O)OCC. The molecule has 0 bridgehead atoms. The Labute approximate surface area is 118 Å². The van der Waals surface area contributed by atoms with Crippen LogP contribution in [0, 0.1) is 5.92 Å². The van der Waals surface area contributed by atoms with E-state index >= 15 is 0 Å². The van der Waals surface area contributed by atoms with Crippen molar-refractivity contribution in [2.75, 3.05) is 13.2 Å². The molecule has 1 unspecified atom stereocenters. The summed E-state index contributed by atoms with van der Waals surface area (Å²) in [5, 5.41) is 10.2. The van der Waals surface area contributed by atoms with Gasteiger partial charge in [-0.3, -0.25) is 4.79 Å². The number of rotatable bonds is 6. The lowest BCUT2D eigenvalue weighted by atomic mass is 9.96. The van der Waals surface area contributed by atoms with Crippen LogP contribution in [-0.2, 0) is 28.5 Å². The second-order valence-electron chi connectivity index (χ2n) is 4.51. The van der Waals surface area contributed by atoms with E-state index in [0.717, 1.165) is 0 Å². The monoisotopic (exact) mass is 290 g/mol. The Hall–Kier alpha value is -1.18. The van der Waals surface area contributed by atoms with Crippen LogP contribution in [0.25, 0.3) is 0 Å². The average Bonchev–Trinajstić information content (AvgIpc) is 2.79. The van der Waals surface area contributed by atoms with Gasteiger partial charge in [0.1, 0.15) is 6.10 Å². The Kier molecular flexibility index (Phi) is 6.38. The second kappa shape index (κ2) is 7.56. The molecule has 1 aliphatic rings. The molecule has 0 amide bonds. The molecule has 1 fully saturated rings. The Morgan fingerprint density at radius 1 is 1.20 bits per heavy atom. The highest BCUT2D eigenvalue weighted by Crippen LogP contribution is 2.26. The first kappa shape index (κ1) is 16.9. The van der Waals surface area contributed by atoms with Crippen LogP contribution in [-0.4, -0.2) is 54.9 Å². The molecule has 5 atom stereocenters. The van der Waals surface area contributed by atoms with Crippen LogP contribution in [0.4, 0.5) is 0 Å². The summed E-state index contributed by atoms with van der Waals surface area (Å²) in [6.07, 6.45) is -3.87. The molecule has 1 N–H and O–H groups in total. The first-order chi connectivity index (χ1) is 9.42. The summed E-state index contributed by atoms with van der Waals surface area (Å²) in [5.74, 6) is -1.99. The minimum absolute atomic E-state index is 0.198. The van der Waals surface area contributed by atoms with E-state index in [1.165, 1.54) is 6.92 Å². The van der Waals surface area contributed by atoms with Crippen LogP contribution in [0.1, 0.15) is 27.7 Å². The molecule has 0 spiro atoms. The zero-order valence-corrected chi connectivity index (χ0v) is 12.2. The van der Waals surface area contributed by atoms with Gasteiger partial charge in [0.15, 0.2) is 12.4 Å². The number of esters is 2. The predicted molar refractivity (Wildman–Crippen MR) is 67.6 cm³/mol. The smallest absolute Gasteiger partial charge is 0.338 e. The van der Waals surface area contributed by atoms with Crippen molar-refractivity contribution in [1.82, 2.24) is 0 Å². The molecular formula is C13H22O7. The quantitative estimate of drug-likeness (QED) is 0.700. The second-order valence-corrected chi connectivity index (χ2v) is 4.51. The summed E-state index contributed by atoms with van der Waals surface area (Å²) >= 11 is 0. The summed E-state index contributed by atoms with van der Waals surface area (Å²) in [7, 11) is 0. The number of carbonyl (C=O) groups excluding carboxylic acids is 2. The van der Waals surface area contributed by atoms with E-state index in [2.05, 4.69) is 0 Å². The molecule has 20 heavy (non-hydrogen) atoms. The van der Waals surface area contributed by atoms with E-state index in [-0.39, 0.29) is 13.2 Å². The maximum absolute atomic E-state index is 11.8. The molecule has 0 aromatic heterocycles. The van der Waals surface area contributed by atoms with Crippen molar-refractivity contribution in [3.8, 4) is 0 Å². The number of hydrogen-bond acceptors (Lipinski definition) is 7. The molecule has 0 saturated carbocycles. The lowest BCUT2D eigenvalue weighted by molar-refractivity contribution is -0.161. The van der Waals surface area contributed by atoms with E-state index in [1.807, 2.05) is 0 Å². The molecular weight excluding hydrogens is 268 g/mol. The van der Waals surface area contributed by atoms with Crippen LogP contribution < -0.4 is 0 Å². The predicted octanol–water partition coefficient (Wildman–Crippen LogP) is 0.240. The van der Waals surface area contributed by atoms with Crippen molar-refractivity contribution >= 4 is 11.9 Å². The van der Waals surface area contributed by atoms with Gasteiger partial charge in [-0.05, 0) is 27.7 Å². The van der Waals surface area contributed by atoms with Gasteiger partial charge in [-0.15, -0.1) is 0 Å². The van der Waals surface area contributed by atoms with Gasteiger partial charge in [0.25, 0.3) is 0 Å². The molecule has 1 aliphatic heterocycles. The minimum Gasteiger partial charge on any atom is -0.466 e. The lowest BCUT2D eigenvalue weighted by Gasteiger charge is -2.24. The van der Waals surface area contributed by atoms with E-state index < -0.39 is 42.5 Å². The number of carbonyl (C=O) groups is 2. The summed E-state index contributed by atoms with van der Waals surface area (Å²) < 4.78 is 20.4. The highest BCUT2D eigenvalue weighted by atomic mass is 16.7. The van der Waals surface area contributed by atoms with E-state index in [0.29, 0.717) is 0 Å². The number of ether oxygens (including phenoxy) is 4. The summed E-state index contributed by atoms with van der Waals surface area (Å²) in [6, 6.07) is 0. The Morgan fingerprint density at radius 2 is 1.80 bits per heavy atom. The minimum atomic E-state index is -1.21. The fourth-order valence-corrected chi connectivity index (χ4v) is 1.98. The Morgan fingerprint density at radius 3 is 2.35 bits per heavy atom. The zero-order valence-electron chi connectivity index (χ0n) is 12.2. The Balaban J connectivity index is 2.75. The first-order valence-corrected chi connectivity index (χ1v) is 6.74. The van der Waals surface area contributed by atoms with Gasteiger partial charge in [0, 0.05) is 0 Å². The summed E-state index contributed by atoms with van der Waals surface area (Å²) in [4.78, 5) is 23.4. The van der Waals surface area contributed by atoms with Gasteiger partial charge < -0.3 is 24.1 Å². The standard InChI is InChI=1S/C13H22O7/c1-5-17-12(15)7(3)9(14)10-11(13(16)18-6-2)20-8(4)19-10/h7-11,14H,5-6H2,1-4H3/t7-,8?,9-,10-,11+/m0/s1. The van der Waals surface area contributed by atoms with Crippen LogP contribution in [0.15, 0.2) is 0 Å². The van der Waals surface area contributed by atoms with Gasteiger partial charge in [-0.25, -0.2) is 4.79 Å². The van der Waals surface area contributed by atoms with Crippen LogP contribution in [0.3, 0.4) is 0 Å². The third kappa shape index (κ3) is 3.91. The van der Waals surface area contributed by atoms with Crippen molar-refractivity contribution in [3.05, 3.63) is 0 Å². The largest absolute Gasteiger partial charge is 0.466 e. The molecule has 0 aromatic carbocycles. The maximum Gasteiger partial charge on any atom is 0.338 e.